The highest BCUT2D eigenvalue weighted by atomic mass is 35.5. The first kappa shape index (κ1) is 22.1. The molecule has 1 aliphatic rings. The largest absolute Gasteiger partial charge is 0.393 e. The van der Waals surface area contributed by atoms with Gasteiger partial charge < -0.3 is 18.9 Å². The van der Waals surface area contributed by atoms with Crippen LogP contribution >= 0.6 is 34.8 Å². The maximum absolute atomic E-state index is 6.33. The average molecular weight is 481 g/mol. The summed E-state index contributed by atoms with van der Waals surface area (Å²) in [6.07, 6.45) is 4.99. The molecule has 6 nitrogen and oxygen atoms in total. The number of oxime groups is 1. The van der Waals surface area contributed by atoms with Gasteiger partial charge in [-0.1, -0.05) is 58.2 Å². The van der Waals surface area contributed by atoms with E-state index in [1.54, 1.807) is 30.7 Å². The molecule has 31 heavy (non-hydrogen) atoms. The van der Waals surface area contributed by atoms with Crippen LogP contribution in [0.25, 0.3) is 0 Å². The predicted molar refractivity (Wildman–Crippen MR) is 121 cm³/mol. The first-order valence-electron chi connectivity index (χ1n) is 9.61. The molecule has 3 aromatic rings. The van der Waals surface area contributed by atoms with Gasteiger partial charge in [0.05, 0.1) is 24.5 Å². The van der Waals surface area contributed by atoms with E-state index in [4.69, 9.17) is 49.1 Å². The molecule has 1 aliphatic heterocycles. The van der Waals surface area contributed by atoms with Crippen molar-refractivity contribution in [1.29, 1.82) is 0 Å². The van der Waals surface area contributed by atoms with Crippen LogP contribution in [0.5, 0.6) is 0 Å². The summed E-state index contributed by atoms with van der Waals surface area (Å²) in [7, 11) is 0. The Morgan fingerprint density at radius 2 is 1.97 bits per heavy atom. The number of hydrogen-bond acceptors (Lipinski definition) is 5. The molecular formula is C22H20Cl3N3O3. The van der Waals surface area contributed by atoms with Crippen LogP contribution < -0.4 is 0 Å². The number of benzene rings is 2. The minimum Gasteiger partial charge on any atom is -0.393 e. The highest BCUT2D eigenvalue weighted by Gasteiger charge is 2.40. The van der Waals surface area contributed by atoms with Gasteiger partial charge in [0.25, 0.3) is 0 Å². The summed E-state index contributed by atoms with van der Waals surface area (Å²) in [5, 5.41) is 6.05. The maximum atomic E-state index is 6.33. The summed E-state index contributed by atoms with van der Waals surface area (Å²) in [6.45, 7) is 2.90. The monoisotopic (exact) mass is 479 g/mol. The molecule has 9 heteroatoms. The second-order valence-corrected chi connectivity index (χ2v) is 8.48. The molecule has 2 aromatic carbocycles. The molecule has 0 saturated carbocycles. The number of imidazole rings is 1. The normalized spacial score (nSPS) is 21.4. The fourth-order valence-corrected chi connectivity index (χ4v) is 3.99. The van der Waals surface area contributed by atoms with Crippen LogP contribution in [0.2, 0.25) is 15.1 Å². The lowest BCUT2D eigenvalue weighted by Crippen LogP contribution is -2.26. The van der Waals surface area contributed by atoms with E-state index in [9.17, 15) is 0 Å². The third-order valence-corrected chi connectivity index (χ3v) is 5.66. The van der Waals surface area contributed by atoms with Crippen molar-refractivity contribution < 1.29 is 14.3 Å². The molecule has 0 amide bonds. The number of ether oxygens (including phenoxy) is 2. The van der Waals surface area contributed by atoms with Gasteiger partial charge in [-0.2, -0.15) is 0 Å². The number of halogens is 3. The zero-order valence-electron chi connectivity index (χ0n) is 16.7. The lowest BCUT2D eigenvalue weighted by molar-refractivity contribution is -0.167. The molecule has 2 heterocycles. The van der Waals surface area contributed by atoms with Gasteiger partial charge >= 0.3 is 0 Å². The first-order valence-corrected chi connectivity index (χ1v) is 10.7. The Morgan fingerprint density at radius 1 is 1.19 bits per heavy atom. The van der Waals surface area contributed by atoms with Gasteiger partial charge in [0.2, 0.25) is 0 Å². The Labute approximate surface area is 195 Å². The van der Waals surface area contributed by atoms with Crippen LogP contribution in [0.1, 0.15) is 18.1 Å². The van der Waals surface area contributed by atoms with Gasteiger partial charge in [-0.15, -0.1) is 0 Å². The Bertz CT molecular complexity index is 1060. The third kappa shape index (κ3) is 5.40. The first-order chi connectivity index (χ1) is 14.9. The third-order valence-electron chi connectivity index (χ3n) is 4.86. The van der Waals surface area contributed by atoms with Crippen molar-refractivity contribution in [2.75, 3.05) is 13.2 Å². The second kappa shape index (κ2) is 9.59. The van der Waals surface area contributed by atoms with Crippen molar-refractivity contribution in [2.24, 2.45) is 5.16 Å². The fraction of sp³-hybridized carbons (Fsp3) is 0.273. The average Bonchev–Trinajstić information content (AvgIpc) is 3.38. The molecule has 0 bridgehead atoms. The predicted octanol–water partition coefficient (Wildman–Crippen LogP) is 5.55. The van der Waals surface area contributed by atoms with Crippen LogP contribution in [0, 0.1) is 0 Å². The van der Waals surface area contributed by atoms with Crippen molar-refractivity contribution in [3.8, 4) is 0 Å². The van der Waals surface area contributed by atoms with Crippen LogP contribution in [0.4, 0.5) is 0 Å². The molecule has 1 saturated heterocycles. The van der Waals surface area contributed by atoms with E-state index >= 15 is 0 Å². The molecule has 162 valence electrons. The van der Waals surface area contributed by atoms with Gasteiger partial charge in [0.1, 0.15) is 18.4 Å². The maximum Gasteiger partial charge on any atom is 0.194 e. The Kier molecular flexibility index (Phi) is 6.84. The summed E-state index contributed by atoms with van der Waals surface area (Å²) < 4.78 is 13.9. The summed E-state index contributed by atoms with van der Waals surface area (Å²) in [6, 6.07) is 12.6. The quantitative estimate of drug-likeness (QED) is 0.328. The molecule has 2 unspecified atom stereocenters. The number of nitrogens with zero attached hydrogens (tertiary/aromatic N) is 3. The van der Waals surface area contributed by atoms with Gasteiger partial charge in [-0.05, 0) is 31.2 Å². The van der Waals surface area contributed by atoms with Crippen LogP contribution in [-0.2, 0) is 26.6 Å². The zero-order valence-corrected chi connectivity index (χ0v) is 18.9. The highest BCUT2D eigenvalue weighted by molar-refractivity contribution is 6.35. The standard InChI is InChI=1S/C22H20Cl3N3O3/c1-22(19-7-6-17(24)10-20(19)25)29-12-18(31-22)13-30-27-21(11-28-9-8-26-14-28)15-2-4-16(23)5-3-15/h2-10,14,18H,11-13H2,1H3/b27-21-. The summed E-state index contributed by atoms with van der Waals surface area (Å²) >= 11 is 18.3. The second-order valence-electron chi connectivity index (χ2n) is 7.20. The van der Waals surface area contributed by atoms with Crippen LogP contribution in [-0.4, -0.2) is 34.6 Å². The van der Waals surface area contributed by atoms with Gasteiger partial charge in [-0.25, -0.2) is 4.98 Å². The summed E-state index contributed by atoms with van der Waals surface area (Å²) in [5.41, 5.74) is 2.35. The molecule has 4 rings (SSSR count). The lowest BCUT2D eigenvalue weighted by atomic mass is 10.1. The van der Waals surface area contributed by atoms with Crippen LogP contribution in [0.15, 0.2) is 66.3 Å². The Balaban J connectivity index is 1.43. The van der Waals surface area contributed by atoms with Crippen molar-refractivity contribution in [2.45, 2.75) is 25.4 Å². The summed E-state index contributed by atoms with van der Waals surface area (Å²) in [5.74, 6) is -0.977. The van der Waals surface area contributed by atoms with E-state index in [0.29, 0.717) is 33.8 Å². The lowest BCUT2D eigenvalue weighted by Gasteiger charge is -2.24. The molecule has 0 radical (unpaired) electrons. The smallest absolute Gasteiger partial charge is 0.194 e. The molecule has 2 atom stereocenters. The molecule has 0 N–H and O–H groups in total. The van der Waals surface area contributed by atoms with E-state index < -0.39 is 5.79 Å². The van der Waals surface area contributed by atoms with Gasteiger partial charge in [-0.3, -0.25) is 0 Å². The minimum atomic E-state index is -0.977. The Hall–Kier alpha value is -2.09. The molecular weight excluding hydrogens is 461 g/mol. The zero-order chi connectivity index (χ0) is 21.8. The number of rotatable bonds is 7. The fourth-order valence-electron chi connectivity index (χ4n) is 3.29. The minimum absolute atomic E-state index is 0.224. The molecule has 1 fully saturated rings. The Morgan fingerprint density at radius 3 is 2.68 bits per heavy atom. The molecule has 0 aliphatic carbocycles. The van der Waals surface area contributed by atoms with E-state index in [2.05, 4.69) is 10.1 Å². The van der Waals surface area contributed by atoms with Crippen molar-refractivity contribution in [3.05, 3.63) is 87.4 Å². The summed E-state index contributed by atoms with van der Waals surface area (Å²) in [4.78, 5) is 9.73. The molecule has 1 aromatic heterocycles. The van der Waals surface area contributed by atoms with E-state index in [-0.39, 0.29) is 12.7 Å². The topological polar surface area (TPSA) is 57.9 Å². The van der Waals surface area contributed by atoms with E-state index in [1.807, 2.05) is 42.0 Å². The van der Waals surface area contributed by atoms with Crippen molar-refractivity contribution >= 4 is 40.5 Å². The van der Waals surface area contributed by atoms with Gasteiger partial charge in [0, 0.05) is 33.6 Å². The van der Waals surface area contributed by atoms with Crippen LogP contribution in [0.3, 0.4) is 0 Å². The SMILES string of the molecule is CC1(c2ccc(Cl)cc2Cl)OCC(CO/N=C(/Cn2ccnc2)c2ccc(Cl)cc2)O1. The van der Waals surface area contributed by atoms with Crippen molar-refractivity contribution in [1.82, 2.24) is 9.55 Å². The highest BCUT2D eigenvalue weighted by Crippen LogP contribution is 2.38. The van der Waals surface area contributed by atoms with E-state index in [0.717, 1.165) is 11.3 Å². The molecule has 0 spiro atoms. The number of hydrogen-bond donors (Lipinski definition) is 0. The van der Waals surface area contributed by atoms with Gasteiger partial charge in [0.15, 0.2) is 5.79 Å². The van der Waals surface area contributed by atoms with E-state index in [1.165, 1.54) is 0 Å². The number of aromatic nitrogens is 2. The van der Waals surface area contributed by atoms with Crippen molar-refractivity contribution in [3.63, 3.8) is 0 Å².